The number of hydrogen-bond donors (Lipinski definition) is 1. The average Bonchev–Trinajstić information content (AvgIpc) is 3.23. The topological polar surface area (TPSA) is 61.9 Å². The summed E-state index contributed by atoms with van der Waals surface area (Å²) in [6, 6.07) is 19.2. The second-order valence-corrected chi connectivity index (χ2v) is 8.95. The maximum atomic E-state index is 13.6. The molecule has 3 aromatic rings. The fourth-order valence-electron chi connectivity index (χ4n) is 4.10. The van der Waals surface area contributed by atoms with E-state index in [-0.39, 0.29) is 30.8 Å². The first kappa shape index (κ1) is 22.0. The van der Waals surface area contributed by atoms with Crippen molar-refractivity contribution in [2.45, 2.75) is 32.5 Å². The van der Waals surface area contributed by atoms with Crippen molar-refractivity contribution in [1.29, 1.82) is 0 Å². The highest BCUT2D eigenvalue weighted by Crippen LogP contribution is 2.31. The molecule has 6 nitrogen and oxygen atoms in total. The first-order chi connectivity index (χ1) is 15.5. The number of hydrogen-bond acceptors (Lipinski definition) is 5. The van der Waals surface area contributed by atoms with Gasteiger partial charge in [0.15, 0.2) is 0 Å². The molecule has 2 heterocycles. The fourth-order valence-corrected chi connectivity index (χ4v) is 4.85. The second kappa shape index (κ2) is 9.97. The van der Waals surface area contributed by atoms with Crippen molar-refractivity contribution in [3.05, 3.63) is 76.5 Å². The van der Waals surface area contributed by atoms with Crippen LogP contribution in [0.3, 0.4) is 0 Å². The maximum Gasteiger partial charge on any atom is 0.241 e. The zero-order chi connectivity index (χ0) is 22.5. The number of thiophene rings is 1. The molecule has 0 fully saturated rings. The standard InChI is InChI=1S/C25H27N3O3S/c1-18-14-24(29)26-21-10-4-5-11-22(21)28(18)25(30)17-27(16-20-9-7-13-32-20)15-19-8-3-6-12-23(19)31-2/h3-13,18H,14-17H2,1-2H3,(H,26,29)/t18-/m1/s1. The first-order valence-electron chi connectivity index (χ1n) is 10.6. The monoisotopic (exact) mass is 449 g/mol. The molecule has 1 N–H and O–H groups in total. The Morgan fingerprint density at radius 3 is 2.69 bits per heavy atom. The molecule has 1 aliphatic rings. The van der Waals surface area contributed by atoms with E-state index < -0.39 is 0 Å². The summed E-state index contributed by atoms with van der Waals surface area (Å²) in [4.78, 5) is 31.0. The number of carbonyl (C=O) groups is 2. The van der Waals surface area contributed by atoms with Crippen LogP contribution in [0.25, 0.3) is 0 Å². The van der Waals surface area contributed by atoms with E-state index in [0.717, 1.165) is 17.0 Å². The van der Waals surface area contributed by atoms with Gasteiger partial charge in [-0.1, -0.05) is 36.4 Å². The van der Waals surface area contributed by atoms with Crippen molar-refractivity contribution < 1.29 is 14.3 Å². The van der Waals surface area contributed by atoms with Crippen LogP contribution in [0, 0.1) is 0 Å². The summed E-state index contributed by atoms with van der Waals surface area (Å²) in [5.74, 6) is 0.692. The van der Waals surface area contributed by atoms with Crippen LogP contribution < -0.4 is 15.0 Å². The lowest BCUT2D eigenvalue weighted by Crippen LogP contribution is -2.44. The molecular formula is C25H27N3O3S. The van der Waals surface area contributed by atoms with Crippen molar-refractivity contribution in [1.82, 2.24) is 4.90 Å². The van der Waals surface area contributed by atoms with Crippen LogP contribution in [0.2, 0.25) is 0 Å². The molecule has 32 heavy (non-hydrogen) atoms. The zero-order valence-corrected chi connectivity index (χ0v) is 19.1. The first-order valence-corrected chi connectivity index (χ1v) is 11.5. The van der Waals surface area contributed by atoms with E-state index in [1.165, 1.54) is 4.88 Å². The van der Waals surface area contributed by atoms with Gasteiger partial charge in [-0.25, -0.2) is 0 Å². The average molecular weight is 450 g/mol. The van der Waals surface area contributed by atoms with E-state index >= 15 is 0 Å². The highest BCUT2D eigenvalue weighted by molar-refractivity contribution is 7.09. The Balaban J connectivity index is 1.61. The number of nitrogens with one attached hydrogen (secondary N) is 1. The number of amides is 2. The van der Waals surface area contributed by atoms with Gasteiger partial charge >= 0.3 is 0 Å². The molecule has 7 heteroatoms. The van der Waals surface area contributed by atoms with Gasteiger partial charge in [-0.15, -0.1) is 11.3 Å². The summed E-state index contributed by atoms with van der Waals surface area (Å²) >= 11 is 1.67. The molecule has 4 rings (SSSR count). The molecule has 1 aliphatic heterocycles. The summed E-state index contributed by atoms with van der Waals surface area (Å²) in [5, 5.41) is 4.97. The number of rotatable bonds is 7. The Bertz CT molecular complexity index is 1080. The van der Waals surface area contributed by atoms with Gasteiger partial charge in [-0.2, -0.15) is 0 Å². The lowest BCUT2D eigenvalue weighted by Gasteiger charge is -2.31. The van der Waals surface area contributed by atoms with E-state index in [1.54, 1.807) is 23.3 Å². The van der Waals surface area contributed by atoms with E-state index in [1.807, 2.05) is 66.9 Å². The highest BCUT2D eigenvalue weighted by atomic mass is 32.1. The molecule has 1 aromatic heterocycles. The van der Waals surface area contributed by atoms with Crippen LogP contribution in [0.15, 0.2) is 66.0 Å². The molecular weight excluding hydrogens is 422 g/mol. The van der Waals surface area contributed by atoms with Crippen molar-refractivity contribution in [2.24, 2.45) is 0 Å². The predicted molar refractivity (Wildman–Crippen MR) is 128 cm³/mol. The lowest BCUT2D eigenvalue weighted by molar-refractivity contribution is -0.120. The van der Waals surface area contributed by atoms with Crippen molar-refractivity contribution in [3.8, 4) is 5.75 Å². The predicted octanol–water partition coefficient (Wildman–Crippen LogP) is 4.52. The van der Waals surface area contributed by atoms with Crippen molar-refractivity contribution >= 4 is 34.5 Å². The smallest absolute Gasteiger partial charge is 0.241 e. The minimum Gasteiger partial charge on any atom is -0.496 e. The van der Waals surface area contributed by atoms with Gasteiger partial charge in [0.1, 0.15) is 5.75 Å². The van der Waals surface area contributed by atoms with Crippen LogP contribution in [0.4, 0.5) is 11.4 Å². The number of ether oxygens (including phenoxy) is 1. The van der Waals surface area contributed by atoms with E-state index in [4.69, 9.17) is 4.74 Å². The number of benzene rings is 2. The lowest BCUT2D eigenvalue weighted by atomic mass is 10.1. The number of carbonyl (C=O) groups excluding carboxylic acids is 2. The highest BCUT2D eigenvalue weighted by Gasteiger charge is 2.30. The number of para-hydroxylation sites is 3. The molecule has 166 valence electrons. The summed E-state index contributed by atoms with van der Waals surface area (Å²) < 4.78 is 5.53. The Morgan fingerprint density at radius 1 is 1.12 bits per heavy atom. The summed E-state index contributed by atoms with van der Waals surface area (Å²) in [7, 11) is 1.66. The van der Waals surface area contributed by atoms with E-state index in [0.29, 0.717) is 18.8 Å². The maximum absolute atomic E-state index is 13.6. The van der Waals surface area contributed by atoms with Gasteiger partial charge in [0.05, 0.1) is 25.0 Å². The Labute approximate surface area is 192 Å². The van der Waals surface area contributed by atoms with Gasteiger partial charge in [-0.3, -0.25) is 14.5 Å². The van der Waals surface area contributed by atoms with Crippen molar-refractivity contribution in [3.63, 3.8) is 0 Å². The Morgan fingerprint density at radius 2 is 1.91 bits per heavy atom. The molecule has 0 radical (unpaired) electrons. The minimum absolute atomic E-state index is 0.0343. The number of anilines is 2. The third kappa shape index (κ3) is 5.00. The van der Waals surface area contributed by atoms with Crippen LogP contribution >= 0.6 is 11.3 Å². The number of nitrogens with zero attached hydrogens (tertiary/aromatic N) is 2. The third-order valence-electron chi connectivity index (χ3n) is 5.53. The quantitative estimate of drug-likeness (QED) is 0.576. The number of methoxy groups -OCH3 is 1. The largest absolute Gasteiger partial charge is 0.496 e. The van der Waals surface area contributed by atoms with Gasteiger partial charge < -0.3 is 15.0 Å². The molecule has 0 aliphatic carbocycles. The van der Waals surface area contributed by atoms with Gasteiger partial charge in [0.2, 0.25) is 11.8 Å². The SMILES string of the molecule is COc1ccccc1CN(CC(=O)N1c2ccccc2NC(=O)C[C@H]1C)Cc1cccs1. The Hall–Kier alpha value is -3.16. The fraction of sp³-hybridized carbons (Fsp3) is 0.280. The second-order valence-electron chi connectivity index (χ2n) is 7.92. The van der Waals surface area contributed by atoms with Crippen LogP contribution in [0.5, 0.6) is 5.75 Å². The van der Waals surface area contributed by atoms with Crippen molar-refractivity contribution in [2.75, 3.05) is 23.9 Å². The molecule has 2 aromatic carbocycles. The van der Waals surface area contributed by atoms with Crippen LogP contribution in [-0.2, 0) is 22.7 Å². The van der Waals surface area contributed by atoms with Crippen LogP contribution in [-0.4, -0.2) is 36.4 Å². The summed E-state index contributed by atoms with van der Waals surface area (Å²) in [6.45, 7) is 3.38. The molecule has 0 saturated carbocycles. The molecule has 0 unspecified atom stereocenters. The number of fused-ring (bicyclic) bond motifs is 1. The molecule has 0 saturated heterocycles. The summed E-state index contributed by atoms with van der Waals surface area (Å²) in [5.41, 5.74) is 2.44. The normalized spacial score (nSPS) is 15.8. The Kier molecular flexibility index (Phi) is 6.87. The molecule has 1 atom stereocenters. The van der Waals surface area contributed by atoms with E-state index in [9.17, 15) is 9.59 Å². The van der Waals surface area contributed by atoms with Crippen LogP contribution in [0.1, 0.15) is 23.8 Å². The zero-order valence-electron chi connectivity index (χ0n) is 18.3. The summed E-state index contributed by atoms with van der Waals surface area (Å²) in [6.07, 6.45) is 0.262. The molecule has 2 amide bonds. The van der Waals surface area contributed by atoms with E-state index in [2.05, 4.69) is 16.3 Å². The molecule has 0 spiro atoms. The van der Waals surface area contributed by atoms with Gasteiger partial charge in [-0.05, 0) is 36.6 Å². The third-order valence-corrected chi connectivity index (χ3v) is 6.39. The van der Waals surface area contributed by atoms with Gasteiger partial charge in [0, 0.05) is 36.0 Å². The van der Waals surface area contributed by atoms with Gasteiger partial charge in [0.25, 0.3) is 0 Å². The molecule has 0 bridgehead atoms. The minimum atomic E-state index is -0.235.